The largest absolute Gasteiger partial charge is 0.366 e. The van der Waals surface area contributed by atoms with Crippen molar-refractivity contribution >= 4 is 17.5 Å². The molecule has 2 rings (SSSR count). The van der Waals surface area contributed by atoms with Gasteiger partial charge in [-0.3, -0.25) is 9.59 Å². The van der Waals surface area contributed by atoms with Crippen molar-refractivity contribution in [3.63, 3.8) is 0 Å². The van der Waals surface area contributed by atoms with Crippen molar-refractivity contribution in [1.29, 1.82) is 0 Å². The van der Waals surface area contributed by atoms with E-state index in [1.807, 2.05) is 6.07 Å². The maximum absolute atomic E-state index is 11.8. The molecule has 1 aromatic carbocycles. The van der Waals surface area contributed by atoms with Crippen molar-refractivity contribution in [3.05, 3.63) is 29.3 Å². The highest BCUT2D eigenvalue weighted by Gasteiger charge is 2.24. The second-order valence-electron chi connectivity index (χ2n) is 4.04. The van der Waals surface area contributed by atoms with Gasteiger partial charge in [0.1, 0.15) is 0 Å². The molecule has 0 fully saturated rings. The molecule has 1 heterocycles. The van der Waals surface area contributed by atoms with Gasteiger partial charge < -0.3 is 16.4 Å². The Morgan fingerprint density at radius 3 is 2.76 bits per heavy atom. The van der Waals surface area contributed by atoms with Gasteiger partial charge in [0, 0.05) is 30.8 Å². The zero-order valence-electron chi connectivity index (χ0n) is 9.48. The predicted octanol–water partition coefficient (Wildman–Crippen LogP) is 0.0234. The molecule has 1 aliphatic heterocycles. The van der Waals surface area contributed by atoms with Gasteiger partial charge in [-0.15, -0.1) is 0 Å². The number of hydrogen-bond acceptors (Lipinski definition) is 3. The molecule has 0 saturated heterocycles. The lowest BCUT2D eigenvalue weighted by molar-refractivity contribution is -0.118. The van der Waals surface area contributed by atoms with Gasteiger partial charge in [0.2, 0.25) is 11.8 Å². The third kappa shape index (κ3) is 2.14. The highest BCUT2D eigenvalue weighted by Crippen LogP contribution is 2.29. The summed E-state index contributed by atoms with van der Waals surface area (Å²) in [6.07, 6.45) is 1.13. The summed E-state index contributed by atoms with van der Waals surface area (Å²) < 4.78 is 0. The van der Waals surface area contributed by atoms with Gasteiger partial charge in [-0.1, -0.05) is 6.07 Å². The molecule has 1 aromatic rings. The molecule has 5 nitrogen and oxygen atoms in total. The van der Waals surface area contributed by atoms with Crippen molar-refractivity contribution < 1.29 is 9.59 Å². The Balaban J connectivity index is 2.32. The number of carbonyl (C=O) groups is 2. The summed E-state index contributed by atoms with van der Waals surface area (Å²) in [5, 5.41) is 0. The normalized spacial score (nSPS) is 13.6. The van der Waals surface area contributed by atoms with Crippen LogP contribution in [0.1, 0.15) is 22.3 Å². The molecule has 0 bridgehead atoms. The highest BCUT2D eigenvalue weighted by molar-refractivity contribution is 5.99. The first kappa shape index (κ1) is 11.6. The molecule has 17 heavy (non-hydrogen) atoms. The summed E-state index contributed by atoms with van der Waals surface area (Å²) >= 11 is 0. The van der Waals surface area contributed by atoms with Crippen molar-refractivity contribution in [1.82, 2.24) is 0 Å². The van der Waals surface area contributed by atoms with Gasteiger partial charge in [-0.25, -0.2) is 0 Å². The minimum atomic E-state index is -0.481. The van der Waals surface area contributed by atoms with Crippen LogP contribution < -0.4 is 16.4 Å². The molecule has 5 heteroatoms. The fourth-order valence-electron chi connectivity index (χ4n) is 2.05. The molecule has 0 aliphatic carbocycles. The lowest BCUT2D eigenvalue weighted by Gasteiger charge is -2.17. The van der Waals surface area contributed by atoms with Crippen molar-refractivity contribution in [2.75, 3.05) is 18.0 Å². The molecule has 0 radical (unpaired) electrons. The Bertz CT molecular complexity index is 471. The molecular formula is C12H15N3O2. The Morgan fingerprint density at radius 1 is 1.35 bits per heavy atom. The van der Waals surface area contributed by atoms with Gasteiger partial charge in [0.25, 0.3) is 0 Å². The predicted molar refractivity (Wildman–Crippen MR) is 64.7 cm³/mol. The van der Waals surface area contributed by atoms with Crippen molar-refractivity contribution in [3.8, 4) is 0 Å². The first-order chi connectivity index (χ1) is 8.13. The SMILES string of the molecule is NCCC(=O)N1CCc2ccc(C(N)=O)cc21. The van der Waals surface area contributed by atoms with Crippen LogP contribution in [0.25, 0.3) is 0 Å². The van der Waals surface area contributed by atoms with E-state index in [-0.39, 0.29) is 5.91 Å². The van der Waals surface area contributed by atoms with E-state index in [0.717, 1.165) is 17.7 Å². The number of hydrogen-bond donors (Lipinski definition) is 2. The quantitative estimate of drug-likeness (QED) is 0.771. The fraction of sp³-hybridized carbons (Fsp3) is 0.333. The van der Waals surface area contributed by atoms with E-state index in [1.165, 1.54) is 0 Å². The fourth-order valence-corrected chi connectivity index (χ4v) is 2.05. The number of anilines is 1. The zero-order chi connectivity index (χ0) is 12.4. The zero-order valence-corrected chi connectivity index (χ0v) is 9.48. The summed E-state index contributed by atoms with van der Waals surface area (Å²) in [4.78, 5) is 24.6. The van der Waals surface area contributed by atoms with Gasteiger partial charge in [-0.2, -0.15) is 0 Å². The smallest absolute Gasteiger partial charge is 0.248 e. The molecule has 90 valence electrons. The van der Waals surface area contributed by atoms with E-state index in [9.17, 15) is 9.59 Å². The van der Waals surface area contributed by atoms with Gasteiger partial charge in [0.05, 0.1) is 0 Å². The molecule has 0 unspecified atom stereocenters. The monoisotopic (exact) mass is 233 g/mol. The third-order valence-corrected chi connectivity index (χ3v) is 2.92. The van der Waals surface area contributed by atoms with Crippen LogP contribution in [0.3, 0.4) is 0 Å². The summed E-state index contributed by atoms with van der Waals surface area (Å²) in [5.74, 6) is -0.487. The lowest BCUT2D eigenvalue weighted by atomic mass is 10.1. The maximum atomic E-state index is 11.8. The first-order valence-corrected chi connectivity index (χ1v) is 5.56. The van der Waals surface area contributed by atoms with Gasteiger partial charge >= 0.3 is 0 Å². The van der Waals surface area contributed by atoms with Crippen LogP contribution >= 0.6 is 0 Å². The number of carbonyl (C=O) groups excluding carboxylic acids is 2. The van der Waals surface area contributed by atoms with Crippen LogP contribution in [0.4, 0.5) is 5.69 Å². The van der Waals surface area contributed by atoms with Crippen LogP contribution in [0, 0.1) is 0 Å². The highest BCUT2D eigenvalue weighted by atomic mass is 16.2. The standard InChI is InChI=1S/C12H15N3O2/c13-5-3-11(16)15-6-4-8-1-2-9(12(14)17)7-10(8)15/h1-2,7H,3-6,13H2,(H2,14,17). The average molecular weight is 233 g/mol. The average Bonchev–Trinajstić information content (AvgIpc) is 2.71. The summed E-state index contributed by atoms with van der Waals surface area (Å²) in [5.41, 5.74) is 12.9. The number of rotatable bonds is 3. The van der Waals surface area contributed by atoms with Crippen LogP contribution in [0.15, 0.2) is 18.2 Å². The van der Waals surface area contributed by atoms with Crippen LogP contribution in [0.2, 0.25) is 0 Å². The minimum absolute atomic E-state index is 0.00660. The van der Waals surface area contributed by atoms with Crippen molar-refractivity contribution in [2.24, 2.45) is 11.5 Å². The van der Waals surface area contributed by atoms with E-state index < -0.39 is 5.91 Å². The number of fused-ring (bicyclic) bond motifs is 1. The topological polar surface area (TPSA) is 89.4 Å². The van der Waals surface area contributed by atoms with E-state index in [4.69, 9.17) is 11.5 Å². The summed E-state index contributed by atoms with van der Waals surface area (Å²) in [7, 11) is 0. The molecular weight excluding hydrogens is 218 g/mol. The minimum Gasteiger partial charge on any atom is -0.366 e. The Hall–Kier alpha value is -1.88. The molecule has 2 amide bonds. The number of primary amides is 1. The summed E-state index contributed by atoms with van der Waals surface area (Å²) in [6.45, 7) is 0.983. The number of benzene rings is 1. The first-order valence-electron chi connectivity index (χ1n) is 5.56. The summed E-state index contributed by atoms with van der Waals surface area (Å²) in [6, 6.07) is 5.22. The van der Waals surface area contributed by atoms with E-state index >= 15 is 0 Å². The third-order valence-electron chi connectivity index (χ3n) is 2.92. The number of nitrogens with two attached hydrogens (primary N) is 2. The molecule has 0 saturated carbocycles. The molecule has 0 spiro atoms. The Labute approximate surface area is 99.4 Å². The Morgan fingerprint density at radius 2 is 2.12 bits per heavy atom. The maximum Gasteiger partial charge on any atom is 0.248 e. The second kappa shape index (κ2) is 4.55. The van der Waals surface area contributed by atoms with Gasteiger partial charge in [-0.05, 0) is 24.1 Å². The van der Waals surface area contributed by atoms with E-state index in [2.05, 4.69) is 0 Å². The van der Waals surface area contributed by atoms with E-state index in [0.29, 0.717) is 25.1 Å². The molecule has 0 atom stereocenters. The Kier molecular flexibility index (Phi) is 3.10. The second-order valence-corrected chi connectivity index (χ2v) is 4.04. The van der Waals surface area contributed by atoms with Gasteiger partial charge in [0.15, 0.2) is 0 Å². The van der Waals surface area contributed by atoms with Crippen molar-refractivity contribution in [2.45, 2.75) is 12.8 Å². The van der Waals surface area contributed by atoms with Crippen LogP contribution in [-0.2, 0) is 11.2 Å². The molecule has 1 aliphatic rings. The van der Waals surface area contributed by atoms with Crippen LogP contribution in [-0.4, -0.2) is 24.9 Å². The van der Waals surface area contributed by atoms with Crippen LogP contribution in [0.5, 0.6) is 0 Å². The van der Waals surface area contributed by atoms with E-state index in [1.54, 1.807) is 17.0 Å². The number of nitrogens with zero attached hydrogens (tertiary/aromatic N) is 1. The number of amides is 2. The molecule has 0 aromatic heterocycles. The lowest BCUT2D eigenvalue weighted by Crippen LogP contribution is -2.30. The molecule has 4 N–H and O–H groups in total.